The number of carbonyl (C=O) groups is 1. The third kappa shape index (κ3) is 3.38. The average Bonchev–Trinajstić information content (AvgIpc) is 2.31. The van der Waals surface area contributed by atoms with Gasteiger partial charge in [-0.3, -0.25) is 0 Å². The highest BCUT2D eigenvalue weighted by Crippen LogP contribution is 2.21. The lowest BCUT2D eigenvalue weighted by Gasteiger charge is -2.14. The first-order chi connectivity index (χ1) is 8.08. The highest BCUT2D eigenvalue weighted by Gasteiger charge is 2.17. The number of esters is 1. The van der Waals surface area contributed by atoms with Gasteiger partial charge in [-0.15, -0.1) is 0 Å². The molecule has 5 heteroatoms. The molecule has 17 heavy (non-hydrogen) atoms. The van der Waals surface area contributed by atoms with Crippen LogP contribution in [-0.2, 0) is 9.53 Å². The molecule has 0 spiro atoms. The van der Waals surface area contributed by atoms with Crippen molar-refractivity contribution in [1.29, 1.82) is 5.26 Å². The second-order valence-corrected chi connectivity index (χ2v) is 3.38. The van der Waals surface area contributed by atoms with Crippen molar-refractivity contribution in [2.75, 3.05) is 12.3 Å². The monoisotopic (exact) mass is 234 g/mol. The second-order valence-electron chi connectivity index (χ2n) is 3.38. The maximum Gasteiger partial charge on any atom is 0.347 e. The van der Waals surface area contributed by atoms with Gasteiger partial charge in [0.2, 0.25) is 0 Å². The normalized spacial score (nSPS) is 11.4. The van der Waals surface area contributed by atoms with Crippen LogP contribution >= 0.6 is 0 Å². The minimum atomic E-state index is -0.759. The van der Waals surface area contributed by atoms with E-state index in [0.29, 0.717) is 23.6 Å². The molecule has 0 bridgehead atoms. The zero-order valence-corrected chi connectivity index (χ0v) is 9.77. The number of anilines is 1. The number of hydrogen-bond donors (Lipinski definition) is 1. The molecule has 0 saturated carbocycles. The summed E-state index contributed by atoms with van der Waals surface area (Å²) in [6.45, 7) is 3.57. The van der Waals surface area contributed by atoms with Gasteiger partial charge >= 0.3 is 5.97 Å². The fourth-order valence-electron chi connectivity index (χ4n) is 1.24. The van der Waals surface area contributed by atoms with Gasteiger partial charge in [-0.05, 0) is 32.0 Å². The number of benzene rings is 1. The largest absolute Gasteiger partial charge is 0.478 e. The summed E-state index contributed by atoms with van der Waals surface area (Å²) in [5.41, 5.74) is 6.31. The molecule has 1 aromatic rings. The van der Waals surface area contributed by atoms with Crippen LogP contribution in [0.2, 0.25) is 0 Å². The van der Waals surface area contributed by atoms with Crippen LogP contribution in [0.5, 0.6) is 5.75 Å². The van der Waals surface area contributed by atoms with Crippen molar-refractivity contribution >= 4 is 11.7 Å². The first-order valence-electron chi connectivity index (χ1n) is 5.21. The van der Waals surface area contributed by atoms with Gasteiger partial charge in [-0.25, -0.2) is 4.79 Å². The molecule has 0 radical (unpaired) electrons. The minimum absolute atomic E-state index is 0.291. The fourth-order valence-corrected chi connectivity index (χ4v) is 1.24. The van der Waals surface area contributed by atoms with Crippen LogP contribution in [0.1, 0.15) is 19.4 Å². The van der Waals surface area contributed by atoms with Crippen molar-refractivity contribution in [3.8, 4) is 11.8 Å². The van der Waals surface area contributed by atoms with Crippen molar-refractivity contribution in [1.82, 2.24) is 0 Å². The third-order valence-corrected chi connectivity index (χ3v) is 2.05. The number of nitrogens with zero attached hydrogens (tertiary/aromatic N) is 1. The van der Waals surface area contributed by atoms with Gasteiger partial charge in [0, 0.05) is 5.69 Å². The summed E-state index contributed by atoms with van der Waals surface area (Å²) in [4.78, 5) is 11.4. The molecule has 2 N–H and O–H groups in total. The van der Waals surface area contributed by atoms with E-state index in [9.17, 15) is 4.79 Å². The van der Waals surface area contributed by atoms with E-state index < -0.39 is 12.1 Å². The summed E-state index contributed by atoms with van der Waals surface area (Å²) < 4.78 is 10.2. The lowest BCUT2D eigenvalue weighted by Crippen LogP contribution is -2.26. The van der Waals surface area contributed by atoms with Crippen molar-refractivity contribution in [2.45, 2.75) is 20.0 Å². The number of nitriles is 1. The Hall–Kier alpha value is -2.22. The molecule has 0 aromatic heterocycles. The summed E-state index contributed by atoms with van der Waals surface area (Å²) in [6, 6.07) is 6.61. The molecule has 0 heterocycles. The van der Waals surface area contributed by atoms with Gasteiger partial charge in [0.25, 0.3) is 0 Å². The number of carbonyl (C=O) groups excluding carboxylic acids is 1. The number of ether oxygens (including phenoxy) is 2. The van der Waals surface area contributed by atoms with Crippen LogP contribution in [0, 0.1) is 11.3 Å². The highest BCUT2D eigenvalue weighted by molar-refractivity contribution is 5.74. The Kier molecular flexibility index (Phi) is 4.35. The van der Waals surface area contributed by atoms with E-state index in [1.54, 1.807) is 26.0 Å². The van der Waals surface area contributed by atoms with E-state index in [-0.39, 0.29) is 0 Å². The molecule has 5 nitrogen and oxygen atoms in total. The van der Waals surface area contributed by atoms with Crippen molar-refractivity contribution in [3.05, 3.63) is 23.8 Å². The molecule has 0 aliphatic carbocycles. The number of nitrogen functional groups attached to an aromatic ring is 1. The molecule has 0 amide bonds. The van der Waals surface area contributed by atoms with Gasteiger partial charge in [0.15, 0.2) is 6.10 Å². The van der Waals surface area contributed by atoms with Gasteiger partial charge in [0.1, 0.15) is 11.8 Å². The molecule has 0 aliphatic rings. The van der Waals surface area contributed by atoms with Crippen LogP contribution in [0.3, 0.4) is 0 Å². The zero-order valence-electron chi connectivity index (χ0n) is 9.77. The van der Waals surface area contributed by atoms with Gasteiger partial charge in [-0.1, -0.05) is 0 Å². The Morgan fingerprint density at radius 1 is 1.59 bits per heavy atom. The van der Waals surface area contributed by atoms with Gasteiger partial charge in [-0.2, -0.15) is 5.26 Å². The van der Waals surface area contributed by atoms with Crippen molar-refractivity contribution < 1.29 is 14.3 Å². The molecular formula is C12H14N2O3. The Bertz CT molecular complexity index is 452. The van der Waals surface area contributed by atoms with Crippen LogP contribution in [0.25, 0.3) is 0 Å². The molecule has 1 unspecified atom stereocenters. The van der Waals surface area contributed by atoms with Crippen LogP contribution in [0.4, 0.5) is 5.69 Å². The predicted octanol–water partition coefficient (Wildman–Crippen LogP) is 1.47. The Morgan fingerprint density at radius 3 is 2.88 bits per heavy atom. The summed E-state index contributed by atoms with van der Waals surface area (Å²) in [7, 11) is 0. The Balaban J connectivity index is 2.82. The number of rotatable bonds is 4. The molecule has 1 rings (SSSR count). The summed E-state index contributed by atoms with van der Waals surface area (Å²) in [6.07, 6.45) is -0.759. The summed E-state index contributed by atoms with van der Waals surface area (Å²) in [5.74, 6) is -0.143. The quantitative estimate of drug-likeness (QED) is 0.629. The van der Waals surface area contributed by atoms with E-state index in [2.05, 4.69) is 0 Å². The SMILES string of the molecule is CCOC(=O)C(C)Oc1ccc(N)cc1C#N. The van der Waals surface area contributed by atoms with Crippen LogP contribution in [0.15, 0.2) is 18.2 Å². The highest BCUT2D eigenvalue weighted by atomic mass is 16.6. The first-order valence-corrected chi connectivity index (χ1v) is 5.21. The third-order valence-electron chi connectivity index (χ3n) is 2.05. The Labute approximate surface area is 99.7 Å². The molecule has 1 atom stereocenters. The second kappa shape index (κ2) is 5.75. The predicted molar refractivity (Wildman–Crippen MR) is 62.3 cm³/mol. The number of nitrogens with two attached hydrogens (primary N) is 1. The fraction of sp³-hybridized carbons (Fsp3) is 0.333. The van der Waals surface area contributed by atoms with Gasteiger partial charge < -0.3 is 15.2 Å². The number of hydrogen-bond acceptors (Lipinski definition) is 5. The lowest BCUT2D eigenvalue weighted by molar-refractivity contribution is -0.150. The van der Waals surface area contributed by atoms with Crippen LogP contribution < -0.4 is 10.5 Å². The maximum atomic E-state index is 11.4. The standard InChI is InChI=1S/C12H14N2O3/c1-3-16-12(15)8(2)17-11-5-4-10(14)6-9(11)7-13/h4-6,8H,3,14H2,1-2H3. The van der Waals surface area contributed by atoms with Crippen molar-refractivity contribution in [3.63, 3.8) is 0 Å². The van der Waals surface area contributed by atoms with E-state index in [1.807, 2.05) is 6.07 Å². The van der Waals surface area contributed by atoms with Crippen LogP contribution in [-0.4, -0.2) is 18.7 Å². The summed E-state index contributed by atoms with van der Waals surface area (Å²) in [5, 5.41) is 8.90. The molecule has 0 fully saturated rings. The molecule has 0 aliphatic heterocycles. The van der Waals surface area contributed by atoms with E-state index in [1.165, 1.54) is 6.07 Å². The molecule has 90 valence electrons. The first kappa shape index (κ1) is 12.8. The minimum Gasteiger partial charge on any atom is -0.478 e. The van der Waals surface area contributed by atoms with E-state index in [4.69, 9.17) is 20.5 Å². The molecule has 1 aromatic carbocycles. The molecular weight excluding hydrogens is 220 g/mol. The topological polar surface area (TPSA) is 85.3 Å². The van der Waals surface area contributed by atoms with Gasteiger partial charge in [0.05, 0.1) is 12.2 Å². The van der Waals surface area contributed by atoms with Crippen molar-refractivity contribution in [2.24, 2.45) is 0 Å². The average molecular weight is 234 g/mol. The zero-order chi connectivity index (χ0) is 12.8. The van der Waals surface area contributed by atoms with E-state index >= 15 is 0 Å². The lowest BCUT2D eigenvalue weighted by atomic mass is 10.2. The maximum absolute atomic E-state index is 11.4. The van der Waals surface area contributed by atoms with E-state index in [0.717, 1.165) is 0 Å². The molecule has 0 saturated heterocycles. The summed E-state index contributed by atoms with van der Waals surface area (Å²) >= 11 is 0. The smallest absolute Gasteiger partial charge is 0.347 e. The Morgan fingerprint density at radius 2 is 2.29 bits per heavy atom.